The van der Waals surface area contributed by atoms with E-state index in [1.165, 1.54) is 11.3 Å². The first-order chi connectivity index (χ1) is 13.5. The van der Waals surface area contributed by atoms with Crippen LogP contribution in [0.3, 0.4) is 0 Å². The summed E-state index contributed by atoms with van der Waals surface area (Å²) in [6.07, 6.45) is 0. The number of hydrogen-bond donors (Lipinski definition) is 0. The molecule has 0 saturated carbocycles. The molecule has 1 atom stereocenters. The van der Waals surface area contributed by atoms with Gasteiger partial charge in [0.05, 0.1) is 22.7 Å². The summed E-state index contributed by atoms with van der Waals surface area (Å²) in [5.74, 6) is -0.262. The monoisotopic (exact) mass is 452 g/mol. The lowest BCUT2D eigenvalue weighted by Gasteiger charge is -2.22. The molecule has 5 rings (SSSR count). The number of carbonyl (C=O) groups is 1. The topological polar surface area (TPSA) is 63.4 Å². The fraction of sp³-hybridized carbons (Fsp3) is 0.0952. The number of nitrogens with zero attached hydrogens (tertiary/aromatic N) is 2. The molecule has 7 heteroatoms. The molecule has 28 heavy (non-hydrogen) atoms. The van der Waals surface area contributed by atoms with Crippen LogP contribution < -0.4 is 10.3 Å². The molecule has 4 aromatic rings. The maximum absolute atomic E-state index is 13.4. The standard InChI is InChI=1S/C21H13BrN2O3S/c1-11-10-28-21(23-11)24-17(12-5-3-2-4-6-12)16-18(25)14-9-13(22)7-8-15(14)27-19(16)20(24)26/h2-10,17H,1H3. The first-order valence-electron chi connectivity index (χ1n) is 8.61. The average molecular weight is 453 g/mol. The van der Waals surface area contributed by atoms with Gasteiger partial charge in [0.2, 0.25) is 5.76 Å². The number of benzene rings is 2. The van der Waals surface area contributed by atoms with E-state index in [4.69, 9.17) is 4.42 Å². The van der Waals surface area contributed by atoms with Gasteiger partial charge in [-0.05, 0) is 30.7 Å². The van der Waals surface area contributed by atoms with Gasteiger partial charge in [0, 0.05) is 9.85 Å². The lowest BCUT2D eigenvalue weighted by atomic mass is 9.99. The van der Waals surface area contributed by atoms with E-state index in [0.717, 1.165) is 15.7 Å². The number of fused-ring (bicyclic) bond motifs is 2. The fourth-order valence-electron chi connectivity index (χ4n) is 3.55. The molecule has 1 aliphatic rings. The Kier molecular flexibility index (Phi) is 3.96. The largest absolute Gasteiger partial charge is 0.450 e. The van der Waals surface area contributed by atoms with Crippen molar-refractivity contribution in [1.29, 1.82) is 0 Å². The van der Waals surface area contributed by atoms with Crippen LogP contribution in [0.15, 0.2) is 67.6 Å². The molecule has 0 bridgehead atoms. The Morgan fingerprint density at radius 3 is 2.64 bits per heavy atom. The predicted octanol–water partition coefficient (Wildman–Crippen LogP) is 5.07. The van der Waals surface area contributed by atoms with Crippen LogP contribution in [0.2, 0.25) is 0 Å². The van der Waals surface area contributed by atoms with Gasteiger partial charge < -0.3 is 4.42 Å². The number of aryl methyl sites for hydroxylation is 1. The van der Waals surface area contributed by atoms with Crippen LogP contribution >= 0.6 is 27.3 Å². The SMILES string of the molecule is Cc1csc(N2C(=O)c3oc4ccc(Br)cc4c(=O)c3C2c2ccccc2)n1. The first kappa shape index (κ1) is 17.3. The minimum Gasteiger partial charge on any atom is -0.450 e. The third kappa shape index (κ3) is 2.54. The number of amides is 1. The second kappa shape index (κ2) is 6.39. The Morgan fingerprint density at radius 1 is 1.14 bits per heavy atom. The lowest BCUT2D eigenvalue weighted by molar-refractivity contribution is 0.0971. The van der Waals surface area contributed by atoms with Crippen LogP contribution in [0.4, 0.5) is 5.13 Å². The summed E-state index contributed by atoms with van der Waals surface area (Å²) < 4.78 is 6.71. The number of hydrogen-bond acceptors (Lipinski definition) is 5. The van der Waals surface area contributed by atoms with E-state index in [1.54, 1.807) is 23.1 Å². The minimum absolute atomic E-state index is 0.0847. The molecule has 5 nitrogen and oxygen atoms in total. The van der Waals surface area contributed by atoms with Crippen molar-refractivity contribution >= 4 is 49.3 Å². The van der Waals surface area contributed by atoms with E-state index >= 15 is 0 Å². The van der Waals surface area contributed by atoms with Crippen molar-refractivity contribution in [2.24, 2.45) is 0 Å². The molecule has 1 unspecified atom stereocenters. The van der Waals surface area contributed by atoms with Crippen LogP contribution in [0.25, 0.3) is 11.0 Å². The number of carbonyl (C=O) groups excluding carboxylic acids is 1. The van der Waals surface area contributed by atoms with Crippen molar-refractivity contribution in [2.45, 2.75) is 13.0 Å². The highest BCUT2D eigenvalue weighted by Crippen LogP contribution is 2.42. The fourth-order valence-corrected chi connectivity index (χ4v) is 4.73. The van der Waals surface area contributed by atoms with Gasteiger partial charge in [0.1, 0.15) is 5.58 Å². The molecule has 2 aromatic carbocycles. The molecule has 0 radical (unpaired) electrons. The van der Waals surface area contributed by atoms with Gasteiger partial charge in [-0.15, -0.1) is 11.3 Å². The van der Waals surface area contributed by atoms with Crippen LogP contribution in [0, 0.1) is 6.92 Å². The van der Waals surface area contributed by atoms with Gasteiger partial charge >= 0.3 is 0 Å². The van der Waals surface area contributed by atoms with Crippen LogP contribution in [-0.4, -0.2) is 10.9 Å². The van der Waals surface area contributed by atoms with Crippen LogP contribution in [0.5, 0.6) is 0 Å². The highest BCUT2D eigenvalue weighted by atomic mass is 79.9. The van der Waals surface area contributed by atoms with E-state index in [1.807, 2.05) is 42.6 Å². The molecule has 0 N–H and O–H groups in total. The maximum atomic E-state index is 13.4. The summed E-state index contributed by atoms with van der Waals surface area (Å²) in [4.78, 5) is 32.8. The molecule has 3 heterocycles. The van der Waals surface area contributed by atoms with Crippen molar-refractivity contribution in [3.8, 4) is 0 Å². The molecule has 0 fully saturated rings. The number of rotatable bonds is 2. The number of aromatic nitrogens is 1. The molecule has 2 aromatic heterocycles. The quantitative estimate of drug-likeness (QED) is 0.425. The van der Waals surface area contributed by atoms with Crippen LogP contribution in [-0.2, 0) is 0 Å². The predicted molar refractivity (Wildman–Crippen MR) is 112 cm³/mol. The Hall–Kier alpha value is -2.77. The normalized spacial score (nSPS) is 16.0. The van der Waals surface area contributed by atoms with E-state index < -0.39 is 6.04 Å². The Labute approximate surface area is 172 Å². The molecule has 1 amide bonds. The van der Waals surface area contributed by atoms with E-state index in [9.17, 15) is 9.59 Å². The third-order valence-electron chi connectivity index (χ3n) is 4.76. The summed E-state index contributed by atoms with van der Waals surface area (Å²) in [5.41, 5.74) is 2.21. The van der Waals surface area contributed by atoms with Gasteiger partial charge in [-0.3, -0.25) is 14.5 Å². The van der Waals surface area contributed by atoms with Crippen molar-refractivity contribution in [3.63, 3.8) is 0 Å². The summed E-state index contributed by atoms with van der Waals surface area (Å²) >= 11 is 4.78. The Morgan fingerprint density at radius 2 is 1.93 bits per heavy atom. The number of thiazole rings is 1. The molecule has 0 spiro atoms. The summed E-state index contributed by atoms with van der Waals surface area (Å²) in [7, 11) is 0. The van der Waals surface area contributed by atoms with Gasteiger partial charge in [-0.1, -0.05) is 46.3 Å². The second-order valence-corrected chi connectivity index (χ2v) is 8.33. The van der Waals surface area contributed by atoms with Crippen molar-refractivity contribution in [2.75, 3.05) is 4.90 Å². The minimum atomic E-state index is -0.575. The number of anilines is 1. The average Bonchev–Trinajstić information content (AvgIpc) is 3.24. The van der Waals surface area contributed by atoms with Gasteiger partial charge in [0.15, 0.2) is 10.6 Å². The molecule has 0 saturated heterocycles. The van der Waals surface area contributed by atoms with Crippen molar-refractivity contribution in [1.82, 2.24) is 4.98 Å². The van der Waals surface area contributed by atoms with E-state index in [0.29, 0.717) is 21.7 Å². The summed E-state index contributed by atoms with van der Waals surface area (Å²) in [6, 6.07) is 14.1. The third-order valence-corrected chi connectivity index (χ3v) is 6.21. The maximum Gasteiger partial charge on any atom is 0.297 e. The molecule has 138 valence electrons. The zero-order valence-corrected chi connectivity index (χ0v) is 17.1. The van der Waals surface area contributed by atoms with Crippen molar-refractivity contribution < 1.29 is 9.21 Å². The van der Waals surface area contributed by atoms with Gasteiger partial charge in [0.25, 0.3) is 5.91 Å². The van der Waals surface area contributed by atoms with E-state index in [2.05, 4.69) is 20.9 Å². The molecular weight excluding hydrogens is 440 g/mol. The van der Waals surface area contributed by atoms with Gasteiger partial charge in [-0.2, -0.15) is 0 Å². The highest BCUT2D eigenvalue weighted by molar-refractivity contribution is 9.10. The highest BCUT2D eigenvalue weighted by Gasteiger charge is 2.44. The smallest absolute Gasteiger partial charge is 0.297 e. The molecule has 0 aliphatic carbocycles. The van der Waals surface area contributed by atoms with Crippen molar-refractivity contribution in [3.05, 3.63) is 91.2 Å². The zero-order chi connectivity index (χ0) is 19.4. The lowest BCUT2D eigenvalue weighted by Crippen LogP contribution is -2.29. The van der Waals surface area contributed by atoms with E-state index in [-0.39, 0.29) is 17.1 Å². The second-order valence-electron chi connectivity index (χ2n) is 6.57. The first-order valence-corrected chi connectivity index (χ1v) is 10.3. The van der Waals surface area contributed by atoms with Crippen LogP contribution in [0.1, 0.15) is 33.4 Å². The Balaban J connectivity index is 1.84. The number of halogens is 1. The molecular formula is C21H13BrN2O3S. The summed E-state index contributed by atoms with van der Waals surface area (Å²) in [6.45, 7) is 1.88. The Bertz CT molecular complexity index is 1300. The molecule has 1 aliphatic heterocycles. The zero-order valence-electron chi connectivity index (χ0n) is 14.7. The summed E-state index contributed by atoms with van der Waals surface area (Å²) in [5, 5.41) is 2.88. The van der Waals surface area contributed by atoms with Gasteiger partial charge in [-0.25, -0.2) is 4.98 Å².